The molecule has 4 aliphatic carbocycles. The van der Waals surface area contributed by atoms with Crippen LogP contribution >= 0.6 is 0 Å². The molecule has 2 fully saturated rings. The average Bonchev–Trinajstić information content (AvgIpc) is 2.83. The Morgan fingerprint density at radius 1 is 1.24 bits per heavy atom. The molecule has 0 aromatic heterocycles. The SMILES string of the molecule is C[C@]12C(=O)CCCC1=CC(O)[C@@H]1[C@@H]2CC[C@]2(C)C=CC[C@@H]12. The highest BCUT2D eigenvalue weighted by atomic mass is 16.3. The van der Waals surface area contributed by atoms with Crippen molar-refractivity contribution in [3.05, 3.63) is 23.8 Å². The maximum absolute atomic E-state index is 12.7. The third-order valence-electron chi connectivity index (χ3n) is 7.26. The Morgan fingerprint density at radius 2 is 2.05 bits per heavy atom. The van der Waals surface area contributed by atoms with Crippen molar-refractivity contribution < 1.29 is 9.90 Å². The second-order valence-corrected chi connectivity index (χ2v) is 8.13. The van der Waals surface area contributed by atoms with Crippen molar-refractivity contribution in [1.82, 2.24) is 0 Å². The first-order valence-electron chi connectivity index (χ1n) is 8.57. The molecule has 0 spiro atoms. The van der Waals surface area contributed by atoms with Gasteiger partial charge in [0.25, 0.3) is 0 Å². The number of rotatable bonds is 0. The summed E-state index contributed by atoms with van der Waals surface area (Å²) in [5.41, 5.74) is 1.19. The van der Waals surface area contributed by atoms with Gasteiger partial charge in [0.15, 0.2) is 0 Å². The van der Waals surface area contributed by atoms with Crippen LogP contribution in [-0.2, 0) is 4.79 Å². The predicted molar refractivity (Wildman–Crippen MR) is 82.6 cm³/mol. The summed E-state index contributed by atoms with van der Waals surface area (Å²) in [5.74, 6) is 1.54. The van der Waals surface area contributed by atoms with E-state index in [1.807, 2.05) is 0 Å². The van der Waals surface area contributed by atoms with Crippen molar-refractivity contribution in [2.75, 3.05) is 0 Å². The molecule has 0 aromatic rings. The fourth-order valence-corrected chi connectivity index (χ4v) is 5.99. The van der Waals surface area contributed by atoms with E-state index in [0.717, 1.165) is 38.5 Å². The van der Waals surface area contributed by atoms with E-state index in [1.165, 1.54) is 5.57 Å². The first-order valence-corrected chi connectivity index (χ1v) is 8.57. The normalized spacial score (nSPS) is 52.0. The number of carbonyl (C=O) groups excluding carboxylic acids is 1. The lowest BCUT2D eigenvalue weighted by Gasteiger charge is -2.57. The number of aliphatic hydroxyl groups is 1. The van der Waals surface area contributed by atoms with Gasteiger partial charge >= 0.3 is 0 Å². The summed E-state index contributed by atoms with van der Waals surface area (Å²) in [7, 11) is 0. The van der Waals surface area contributed by atoms with Gasteiger partial charge in [-0.05, 0) is 62.2 Å². The molecule has 0 heterocycles. The van der Waals surface area contributed by atoms with E-state index in [1.54, 1.807) is 0 Å². The van der Waals surface area contributed by atoms with Crippen molar-refractivity contribution >= 4 is 5.78 Å². The number of hydrogen-bond donors (Lipinski definition) is 1. The van der Waals surface area contributed by atoms with Crippen LogP contribution in [0.2, 0.25) is 0 Å². The summed E-state index contributed by atoms with van der Waals surface area (Å²) in [4.78, 5) is 12.7. The molecule has 21 heavy (non-hydrogen) atoms. The van der Waals surface area contributed by atoms with Gasteiger partial charge in [0.05, 0.1) is 11.5 Å². The van der Waals surface area contributed by atoms with Crippen LogP contribution in [0.1, 0.15) is 52.4 Å². The van der Waals surface area contributed by atoms with E-state index in [9.17, 15) is 9.90 Å². The fourth-order valence-electron chi connectivity index (χ4n) is 5.99. The number of hydrogen-bond acceptors (Lipinski definition) is 2. The minimum Gasteiger partial charge on any atom is -0.389 e. The van der Waals surface area contributed by atoms with Crippen LogP contribution in [0.15, 0.2) is 23.8 Å². The summed E-state index contributed by atoms with van der Waals surface area (Å²) in [5, 5.41) is 10.8. The molecule has 6 atom stereocenters. The van der Waals surface area contributed by atoms with Gasteiger partial charge in [0.1, 0.15) is 5.78 Å². The van der Waals surface area contributed by atoms with Gasteiger partial charge in [-0.2, -0.15) is 0 Å². The highest BCUT2D eigenvalue weighted by Crippen LogP contribution is 2.62. The Morgan fingerprint density at radius 3 is 2.86 bits per heavy atom. The zero-order valence-electron chi connectivity index (χ0n) is 13.1. The lowest BCUT2D eigenvalue weighted by molar-refractivity contribution is -0.139. The van der Waals surface area contributed by atoms with E-state index in [4.69, 9.17) is 0 Å². The second kappa shape index (κ2) is 4.32. The number of Topliss-reactive ketones (excluding diaryl/α,β-unsaturated/α-hetero) is 1. The number of aliphatic hydroxyl groups excluding tert-OH is 1. The minimum absolute atomic E-state index is 0.238. The van der Waals surface area contributed by atoms with Crippen molar-refractivity contribution in [3.8, 4) is 0 Å². The van der Waals surface area contributed by atoms with Crippen molar-refractivity contribution in [2.24, 2.45) is 28.6 Å². The summed E-state index contributed by atoms with van der Waals surface area (Å²) in [6, 6.07) is 0. The molecule has 4 aliphatic rings. The van der Waals surface area contributed by atoms with Crippen LogP contribution in [0.5, 0.6) is 0 Å². The Kier molecular flexibility index (Phi) is 2.83. The van der Waals surface area contributed by atoms with E-state index in [-0.39, 0.29) is 22.9 Å². The Bertz CT molecular complexity index is 546. The summed E-state index contributed by atoms with van der Waals surface area (Å²) in [6.45, 7) is 4.52. The second-order valence-electron chi connectivity index (χ2n) is 8.13. The molecule has 1 unspecified atom stereocenters. The summed E-state index contributed by atoms with van der Waals surface area (Å²) >= 11 is 0. The van der Waals surface area contributed by atoms with Gasteiger partial charge in [-0.15, -0.1) is 0 Å². The van der Waals surface area contributed by atoms with E-state index in [0.29, 0.717) is 17.6 Å². The van der Waals surface area contributed by atoms with Crippen molar-refractivity contribution in [1.29, 1.82) is 0 Å². The Hall–Kier alpha value is -0.890. The zero-order valence-corrected chi connectivity index (χ0v) is 13.1. The number of carbonyl (C=O) groups is 1. The van der Waals surface area contributed by atoms with Gasteiger partial charge < -0.3 is 5.11 Å². The number of ketones is 1. The highest BCUT2D eigenvalue weighted by Gasteiger charge is 2.59. The first-order chi connectivity index (χ1) is 9.97. The first kappa shape index (κ1) is 13.8. The van der Waals surface area contributed by atoms with Crippen LogP contribution in [-0.4, -0.2) is 17.0 Å². The minimum atomic E-state index is -0.353. The number of fused-ring (bicyclic) bond motifs is 5. The van der Waals surface area contributed by atoms with Gasteiger partial charge in [-0.25, -0.2) is 0 Å². The molecular weight excluding hydrogens is 260 g/mol. The van der Waals surface area contributed by atoms with Gasteiger partial charge in [-0.1, -0.05) is 30.7 Å². The molecule has 2 nitrogen and oxygen atoms in total. The smallest absolute Gasteiger partial charge is 0.143 e. The molecule has 2 heteroatoms. The lowest BCUT2D eigenvalue weighted by Crippen LogP contribution is -2.55. The van der Waals surface area contributed by atoms with Gasteiger partial charge in [0.2, 0.25) is 0 Å². The molecular formula is C19H26O2. The van der Waals surface area contributed by atoms with Crippen LogP contribution in [0.25, 0.3) is 0 Å². The molecule has 114 valence electrons. The van der Waals surface area contributed by atoms with Crippen molar-refractivity contribution in [3.63, 3.8) is 0 Å². The predicted octanol–water partition coefficient (Wildman–Crippen LogP) is 3.66. The quantitative estimate of drug-likeness (QED) is 0.690. The number of allylic oxidation sites excluding steroid dienone is 3. The average molecular weight is 286 g/mol. The zero-order chi connectivity index (χ0) is 14.8. The van der Waals surface area contributed by atoms with E-state index < -0.39 is 0 Å². The third kappa shape index (κ3) is 1.66. The molecule has 0 aromatic carbocycles. The molecule has 2 saturated carbocycles. The fraction of sp³-hybridized carbons (Fsp3) is 0.737. The molecule has 0 bridgehead atoms. The molecule has 0 saturated heterocycles. The largest absolute Gasteiger partial charge is 0.389 e. The molecule has 0 radical (unpaired) electrons. The monoisotopic (exact) mass is 286 g/mol. The lowest BCUT2D eigenvalue weighted by atomic mass is 9.47. The van der Waals surface area contributed by atoms with Gasteiger partial charge in [0, 0.05) is 6.42 Å². The van der Waals surface area contributed by atoms with Gasteiger partial charge in [-0.3, -0.25) is 4.79 Å². The maximum atomic E-state index is 12.7. The highest BCUT2D eigenvalue weighted by molar-refractivity contribution is 5.89. The van der Waals surface area contributed by atoms with Crippen LogP contribution in [0, 0.1) is 28.6 Å². The van der Waals surface area contributed by atoms with Crippen LogP contribution in [0.4, 0.5) is 0 Å². The Balaban J connectivity index is 1.80. The molecule has 1 N–H and O–H groups in total. The van der Waals surface area contributed by atoms with Crippen LogP contribution in [0.3, 0.4) is 0 Å². The van der Waals surface area contributed by atoms with E-state index >= 15 is 0 Å². The molecule has 4 rings (SSSR count). The maximum Gasteiger partial charge on any atom is 0.143 e. The summed E-state index contributed by atoms with van der Waals surface area (Å²) < 4.78 is 0. The van der Waals surface area contributed by atoms with E-state index in [2.05, 4.69) is 32.1 Å². The third-order valence-corrected chi connectivity index (χ3v) is 7.26. The Labute approximate surface area is 127 Å². The topological polar surface area (TPSA) is 37.3 Å². The van der Waals surface area contributed by atoms with Crippen LogP contribution < -0.4 is 0 Å². The van der Waals surface area contributed by atoms with Crippen molar-refractivity contribution in [2.45, 2.75) is 58.5 Å². The molecule has 0 amide bonds. The standard InChI is InChI=1S/C19H26O2/c1-18-9-4-6-13(18)17-14(8-10-18)19(2)12(11-15(17)20)5-3-7-16(19)21/h4,9,11,13-15,17,20H,3,5-8,10H2,1-2H3/t13-,14-,15?,17-,18-,19-/m0/s1. The summed E-state index contributed by atoms with van der Waals surface area (Å²) in [6.07, 6.45) is 12.4. The molecule has 0 aliphatic heterocycles.